The first-order valence-corrected chi connectivity index (χ1v) is 12.7. The monoisotopic (exact) mass is 571 g/mol. The van der Waals surface area contributed by atoms with Crippen molar-refractivity contribution in [1.82, 2.24) is 0 Å². The molecule has 14 heteroatoms. The summed E-state index contributed by atoms with van der Waals surface area (Å²) in [6.07, 6.45) is 0. The van der Waals surface area contributed by atoms with E-state index < -0.39 is 67.7 Å². The fourth-order valence-corrected chi connectivity index (χ4v) is 4.55. The number of hydrogen-bond acceptors (Lipinski definition) is 11. The highest BCUT2D eigenvalue weighted by atomic mass is 32.2. The fourth-order valence-electron chi connectivity index (χ4n) is 3.95. The smallest absolute Gasteiger partial charge is 0.344 e. The molecule has 4 aromatic carbocycles. The number of esters is 1. The first-order valence-electron chi connectivity index (χ1n) is 11.2. The molecule has 208 valence electrons. The van der Waals surface area contributed by atoms with E-state index in [1.165, 1.54) is 12.1 Å². The van der Waals surface area contributed by atoms with Gasteiger partial charge in [0.15, 0.2) is 23.0 Å². The van der Waals surface area contributed by atoms with Crippen LogP contribution in [0.5, 0.6) is 34.5 Å². The molecule has 0 fully saturated rings. The summed E-state index contributed by atoms with van der Waals surface area (Å²) < 4.78 is 37.4. The number of rotatable bonds is 7. The van der Waals surface area contributed by atoms with E-state index in [0.717, 1.165) is 18.2 Å². The molecule has 0 saturated carbocycles. The zero-order valence-electron chi connectivity index (χ0n) is 20.4. The number of aryl methyl sites for hydroxylation is 1. The molecule has 13 nitrogen and oxygen atoms in total. The second-order valence-electron chi connectivity index (χ2n) is 8.66. The summed E-state index contributed by atoms with van der Waals surface area (Å²) >= 11 is 0. The van der Waals surface area contributed by atoms with Crippen LogP contribution >= 0.6 is 0 Å². The minimum Gasteiger partial charge on any atom is -0.504 e. The molecule has 8 N–H and O–H groups in total. The Hall–Kier alpha value is -5.21. The molecule has 0 bridgehead atoms. The van der Waals surface area contributed by atoms with Crippen molar-refractivity contribution in [2.75, 3.05) is 5.32 Å². The Labute approximate surface area is 225 Å². The SMILES string of the molecule is Cc1cc(S(=O)(=O)O)cc2ccc(NCc3c(C(=O)Oc4cc(C(=O)O)cc(O)c4O)cc(O)c(O)c3O)cc12. The van der Waals surface area contributed by atoms with E-state index in [2.05, 4.69) is 5.32 Å². The predicted molar refractivity (Wildman–Crippen MR) is 139 cm³/mol. The van der Waals surface area contributed by atoms with Crippen LogP contribution in [-0.2, 0) is 16.7 Å². The number of carbonyl (C=O) groups is 2. The first-order chi connectivity index (χ1) is 18.7. The Morgan fingerprint density at radius 2 is 1.55 bits per heavy atom. The minimum absolute atomic E-state index is 0.253. The van der Waals surface area contributed by atoms with Crippen molar-refractivity contribution in [3.63, 3.8) is 0 Å². The van der Waals surface area contributed by atoms with Gasteiger partial charge in [-0.25, -0.2) is 9.59 Å². The van der Waals surface area contributed by atoms with Gasteiger partial charge in [0.05, 0.1) is 16.0 Å². The maximum atomic E-state index is 13.0. The molecule has 40 heavy (non-hydrogen) atoms. The molecule has 0 unspecified atom stereocenters. The lowest BCUT2D eigenvalue weighted by atomic mass is 10.0. The van der Waals surface area contributed by atoms with Gasteiger partial charge in [0.25, 0.3) is 10.1 Å². The molecule has 0 aromatic heterocycles. The van der Waals surface area contributed by atoms with Gasteiger partial charge in [0.2, 0.25) is 11.5 Å². The Balaban J connectivity index is 1.68. The molecule has 0 aliphatic rings. The van der Waals surface area contributed by atoms with Crippen LogP contribution < -0.4 is 10.1 Å². The number of phenols is 5. The van der Waals surface area contributed by atoms with Gasteiger partial charge in [-0.15, -0.1) is 0 Å². The van der Waals surface area contributed by atoms with Crippen molar-refractivity contribution in [2.45, 2.75) is 18.4 Å². The van der Waals surface area contributed by atoms with Crippen LogP contribution in [0.1, 0.15) is 31.8 Å². The molecule has 0 heterocycles. The van der Waals surface area contributed by atoms with E-state index in [9.17, 15) is 48.1 Å². The van der Waals surface area contributed by atoms with Gasteiger partial charge in [0, 0.05) is 17.8 Å². The molecule has 0 saturated heterocycles. The number of hydrogen-bond donors (Lipinski definition) is 8. The number of aromatic carboxylic acids is 1. The van der Waals surface area contributed by atoms with Crippen molar-refractivity contribution < 1.29 is 57.9 Å². The summed E-state index contributed by atoms with van der Waals surface area (Å²) in [5.41, 5.74) is -0.286. The Morgan fingerprint density at radius 1 is 0.875 bits per heavy atom. The number of carboxylic acid groups (broad SMARTS) is 1. The summed E-state index contributed by atoms with van der Waals surface area (Å²) in [4.78, 5) is 24.0. The number of fused-ring (bicyclic) bond motifs is 1. The van der Waals surface area contributed by atoms with Crippen LogP contribution in [-0.4, -0.2) is 55.5 Å². The third-order valence-electron chi connectivity index (χ3n) is 5.99. The summed E-state index contributed by atoms with van der Waals surface area (Å²) in [5, 5.41) is 63.5. The van der Waals surface area contributed by atoms with E-state index in [4.69, 9.17) is 9.84 Å². The van der Waals surface area contributed by atoms with Crippen molar-refractivity contribution in [2.24, 2.45) is 0 Å². The molecule has 0 atom stereocenters. The molecular weight excluding hydrogens is 550 g/mol. The lowest BCUT2D eigenvalue weighted by Crippen LogP contribution is -2.14. The van der Waals surface area contributed by atoms with E-state index in [1.54, 1.807) is 25.1 Å². The molecule has 0 radical (unpaired) electrons. The maximum absolute atomic E-state index is 13.0. The second-order valence-corrected chi connectivity index (χ2v) is 10.1. The molecule has 4 aromatic rings. The second kappa shape index (κ2) is 10.2. The number of carboxylic acids is 1. The minimum atomic E-state index is -4.42. The highest BCUT2D eigenvalue weighted by Gasteiger charge is 2.25. The number of aromatic hydroxyl groups is 5. The van der Waals surface area contributed by atoms with Crippen molar-refractivity contribution in [3.05, 3.63) is 70.8 Å². The van der Waals surface area contributed by atoms with Crippen LogP contribution in [0.3, 0.4) is 0 Å². The quantitative estimate of drug-likeness (QED) is 0.0688. The van der Waals surface area contributed by atoms with Crippen LogP contribution in [0.4, 0.5) is 5.69 Å². The van der Waals surface area contributed by atoms with Crippen LogP contribution in [0, 0.1) is 6.92 Å². The van der Waals surface area contributed by atoms with E-state index in [-0.39, 0.29) is 17.0 Å². The van der Waals surface area contributed by atoms with Crippen LogP contribution in [0.15, 0.2) is 53.4 Å². The maximum Gasteiger partial charge on any atom is 0.344 e. The highest BCUT2D eigenvalue weighted by molar-refractivity contribution is 7.85. The molecule has 0 aliphatic heterocycles. The molecule has 0 aliphatic carbocycles. The zero-order valence-corrected chi connectivity index (χ0v) is 21.2. The predicted octanol–water partition coefficient (Wildman–Crippen LogP) is 3.45. The van der Waals surface area contributed by atoms with Gasteiger partial charge < -0.3 is 40.7 Å². The third kappa shape index (κ3) is 5.34. The van der Waals surface area contributed by atoms with E-state index >= 15 is 0 Å². The lowest BCUT2D eigenvalue weighted by Gasteiger charge is -2.16. The van der Waals surface area contributed by atoms with Crippen molar-refractivity contribution in [1.29, 1.82) is 0 Å². The number of ether oxygens (including phenoxy) is 1. The Kier molecular flexibility index (Phi) is 7.07. The summed E-state index contributed by atoms with van der Waals surface area (Å²) in [6, 6.07) is 9.60. The van der Waals surface area contributed by atoms with Gasteiger partial charge in [-0.05, 0) is 65.7 Å². The Morgan fingerprint density at radius 3 is 2.20 bits per heavy atom. The van der Waals surface area contributed by atoms with Crippen molar-refractivity contribution in [3.8, 4) is 34.5 Å². The van der Waals surface area contributed by atoms with E-state index in [0.29, 0.717) is 22.0 Å². The fraction of sp³-hybridized carbons (Fsp3) is 0.0769. The number of phenolic OH excluding ortho intramolecular Hbond substituents is 5. The largest absolute Gasteiger partial charge is 0.504 e. The summed E-state index contributed by atoms with van der Waals surface area (Å²) in [5.74, 6) is -8.00. The number of nitrogens with one attached hydrogen (secondary N) is 1. The van der Waals surface area contributed by atoms with Gasteiger partial charge in [-0.3, -0.25) is 4.55 Å². The molecular formula is C26H21NO12S. The van der Waals surface area contributed by atoms with Crippen LogP contribution in [0.25, 0.3) is 10.8 Å². The van der Waals surface area contributed by atoms with Crippen molar-refractivity contribution >= 4 is 38.5 Å². The summed E-state index contributed by atoms with van der Waals surface area (Å²) in [6.45, 7) is 1.30. The topological polar surface area (TPSA) is 231 Å². The lowest BCUT2D eigenvalue weighted by molar-refractivity contribution is 0.0685. The number of benzene rings is 4. The average molecular weight is 572 g/mol. The molecule has 4 rings (SSSR count). The normalized spacial score (nSPS) is 11.3. The van der Waals surface area contributed by atoms with Gasteiger partial charge in [0.1, 0.15) is 0 Å². The number of anilines is 1. The van der Waals surface area contributed by atoms with Crippen LogP contribution in [0.2, 0.25) is 0 Å². The number of carbonyl (C=O) groups excluding carboxylic acids is 1. The third-order valence-corrected chi connectivity index (χ3v) is 6.82. The van der Waals surface area contributed by atoms with Gasteiger partial charge in [-0.1, -0.05) is 6.07 Å². The van der Waals surface area contributed by atoms with Gasteiger partial charge in [-0.2, -0.15) is 8.42 Å². The Bertz CT molecular complexity index is 1820. The average Bonchev–Trinajstić information content (AvgIpc) is 2.88. The first kappa shape index (κ1) is 27.8. The molecule has 0 spiro atoms. The summed E-state index contributed by atoms with van der Waals surface area (Å²) in [7, 11) is -4.42. The standard InChI is InChI=1S/C26H21NO12S/c1-11-4-15(40(36,37)38)5-12-2-3-14(8-16(11)12)27-10-18-17(9-20(29)24(32)22(18)30)26(35)39-21-7-13(25(33)34)6-19(28)23(21)31/h2-9,27-32H,10H2,1H3,(H,33,34)(H,36,37,38). The highest BCUT2D eigenvalue weighted by Crippen LogP contribution is 2.42. The van der Waals surface area contributed by atoms with E-state index in [1.807, 2.05) is 0 Å². The zero-order chi connectivity index (χ0) is 29.5. The van der Waals surface area contributed by atoms with Gasteiger partial charge >= 0.3 is 11.9 Å². The molecule has 0 amide bonds.